The van der Waals surface area contributed by atoms with Crippen LogP contribution in [0.25, 0.3) is 16.6 Å². The van der Waals surface area contributed by atoms with Gasteiger partial charge in [0.1, 0.15) is 17.4 Å². The van der Waals surface area contributed by atoms with Crippen molar-refractivity contribution in [3.63, 3.8) is 0 Å². The zero-order valence-corrected chi connectivity index (χ0v) is 30.5. The van der Waals surface area contributed by atoms with Gasteiger partial charge in [0.2, 0.25) is 11.8 Å². The lowest BCUT2D eigenvalue weighted by Gasteiger charge is -2.44. The van der Waals surface area contributed by atoms with E-state index in [-0.39, 0.29) is 36.5 Å². The number of carbonyl (C=O) groups excluding carboxylic acids is 5. The minimum atomic E-state index is -0.976. The van der Waals surface area contributed by atoms with E-state index in [1.54, 1.807) is 35.1 Å². The van der Waals surface area contributed by atoms with Gasteiger partial charge in [-0.25, -0.2) is 9.50 Å². The Bertz CT molecular complexity index is 2390. The number of anilines is 2. The Hall–Kier alpha value is -6.16. The molecule has 2 N–H and O–H groups in total. The molecule has 7 heterocycles. The van der Waals surface area contributed by atoms with Crippen molar-refractivity contribution in [1.29, 1.82) is 0 Å². The fraction of sp³-hybridized carbons (Fsp3) is 0.385. The molecular formula is C39H40N10O6. The largest absolute Gasteiger partial charge is 0.489 e. The number of fused-ring (bicyclic) bond motifs is 3. The lowest BCUT2D eigenvalue weighted by Crippen LogP contribution is -2.54. The molecule has 0 saturated carbocycles. The molecule has 55 heavy (non-hydrogen) atoms. The normalized spacial score (nSPS) is 19.7. The highest BCUT2D eigenvalue weighted by molar-refractivity contribution is 6.23. The van der Waals surface area contributed by atoms with Crippen LogP contribution >= 0.6 is 0 Å². The summed E-state index contributed by atoms with van der Waals surface area (Å²) in [5.41, 5.74) is 3.66. The molecule has 9 rings (SSSR count). The molecular weight excluding hydrogens is 704 g/mol. The van der Waals surface area contributed by atoms with Crippen LogP contribution < -0.4 is 20.3 Å². The molecule has 3 fully saturated rings. The van der Waals surface area contributed by atoms with E-state index in [1.165, 1.54) is 6.20 Å². The maximum Gasteiger partial charge on any atom is 0.262 e. The van der Waals surface area contributed by atoms with Gasteiger partial charge in [0, 0.05) is 80.8 Å². The highest BCUT2D eigenvalue weighted by Crippen LogP contribution is 2.35. The summed E-state index contributed by atoms with van der Waals surface area (Å²) in [5, 5.41) is 15.3. The summed E-state index contributed by atoms with van der Waals surface area (Å²) in [7, 11) is 0. The third-order valence-electron chi connectivity index (χ3n) is 11.0. The zero-order chi connectivity index (χ0) is 38.0. The second kappa shape index (κ2) is 13.6. The van der Waals surface area contributed by atoms with Gasteiger partial charge in [-0.2, -0.15) is 10.2 Å². The maximum atomic E-state index is 13.3. The van der Waals surface area contributed by atoms with Gasteiger partial charge in [-0.1, -0.05) is 0 Å². The van der Waals surface area contributed by atoms with Crippen LogP contribution in [0, 0.1) is 5.92 Å². The Morgan fingerprint density at radius 3 is 2.60 bits per heavy atom. The fourth-order valence-electron chi connectivity index (χ4n) is 8.17. The topological polar surface area (TPSA) is 176 Å². The Morgan fingerprint density at radius 1 is 1.02 bits per heavy atom. The number of carbonyl (C=O) groups is 5. The molecule has 0 spiro atoms. The number of nitrogens with zero attached hydrogens (tertiary/aromatic N) is 8. The van der Waals surface area contributed by atoms with Gasteiger partial charge >= 0.3 is 0 Å². The van der Waals surface area contributed by atoms with Crippen molar-refractivity contribution in [2.75, 3.05) is 42.9 Å². The molecule has 5 amide bonds. The molecule has 3 aromatic heterocycles. The van der Waals surface area contributed by atoms with Crippen LogP contribution in [0.4, 0.5) is 11.4 Å². The van der Waals surface area contributed by atoms with E-state index in [0.29, 0.717) is 34.1 Å². The lowest BCUT2D eigenvalue weighted by atomic mass is 9.95. The molecule has 1 unspecified atom stereocenters. The number of hydrogen-bond donors (Lipinski definition) is 2. The molecule has 16 nitrogen and oxygen atoms in total. The quantitative estimate of drug-likeness (QED) is 0.212. The molecule has 0 aliphatic carbocycles. The highest BCUT2D eigenvalue weighted by Gasteiger charge is 2.45. The molecule has 5 aromatic rings. The van der Waals surface area contributed by atoms with Gasteiger partial charge in [0.05, 0.1) is 40.7 Å². The molecule has 1 atom stereocenters. The second-order valence-electron chi connectivity index (χ2n) is 15.1. The zero-order valence-electron chi connectivity index (χ0n) is 30.5. The van der Waals surface area contributed by atoms with Gasteiger partial charge in [-0.3, -0.25) is 38.9 Å². The lowest BCUT2D eigenvalue weighted by molar-refractivity contribution is -0.136. The van der Waals surface area contributed by atoms with E-state index in [0.717, 1.165) is 67.1 Å². The van der Waals surface area contributed by atoms with Crippen LogP contribution in [0.2, 0.25) is 0 Å². The van der Waals surface area contributed by atoms with E-state index >= 15 is 0 Å². The number of hydrogen-bond acceptors (Lipinski definition) is 11. The number of nitrogens with one attached hydrogen (secondary N) is 2. The van der Waals surface area contributed by atoms with Gasteiger partial charge in [-0.05, 0) is 63.4 Å². The van der Waals surface area contributed by atoms with Gasteiger partial charge in [0.25, 0.3) is 17.7 Å². The van der Waals surface area contributed by atoms with E-state index < -0.39 is 29.7 Å². The van der Waals surface area contributed by atoms with E-state index in [4.69, 9.17) is 9.84 Å². The smallest absolute Gasteiger partial charge is 0.262 e. The first-order valence-corrected chi connectivity index (χ1v) is 18.7. The first-order chi connectivity index (χ1) is 26.6. The van der Waals surface area contributed by atoms with Gasteiger partial charge < -0.3 is 19.9 Å². The third kappa shape index (κ3) is 6.35. The molecule has 0 bridgehead atoms. The standard InChI is InChI=1S/C39H40N10O6/c1-22(2)55-33-16-30-24(14-31(33)42-36(51)29-17-41-47-11-3-10-40-35(29)47)21-48(44-30)25-8-12-45(13-9-25)18-23-19-46(20-23)26-4-5-27-28(15-26)39(54)49(38(27)53)32-6-7-34(50)43-37(32)52/h3-5,10-11,14-17,21-23,25,32H,6-9,12-13,18-20H2,1-2H3,(H,42,51)(H,43,50,52). The highest BCUT2D eigenvalue weighted by atomic mass is 16.5. The first-order valence-electron chi connectivity index (χ1n) is 18.7. The number of imide groups is 2. The molecule has 4 aliphatic rings. The Kier molecular flexibility index (Phi) is 8.56. The van der Waals surface area contributed by atoms with Crippen LogP contribution in [-0.4, -0.2) is 109 Å². The molecule has 0 radical (unpaired) electrons. The Balaban J connectivity index is 0.807. The van der Waals surface area contributed by atoms with E-state index in [9.17, 15) is 24.0 Å². The first kappa shape index (κ1) is 34.6. The van der Waals surface area contributed by atoms with Crippen molar-refractivity contribution >= 4 is 57.5 Å². The number of rotatable bonds is 9. The predicted octanol–water partition coefficient (Wildman–Crippen LogP) is 3.29. The molecule has 2 aromatic carbocycles. The molecule has 16 heteroatoms. The van der Waals surface area contributed by atoms with Gasteiger partial charge in [-0.15, -0.1) is 0 Å². The molecule has 282 valence electrons. The number of piperidine rings is 2. The maximum absolute atomic E-state index is 13.3. The van der Waals surface area contributed by atoms with Gasteiger partial charge in [0.15, 0.2) is 5.65 Å². The second-order valence-corrected chi connectivity index (χ2v) is 15.1. The van der Waals surface area contributed by atoms with Crippen molar-refractivity contribution in [2.24, 2.45) is 5.92 Å². The fourth-order valence-corrected chi connectivity index (χ4v) is 8.17. The average molecular weight is 745 g/mol. The van der Waals surface area contributed by atoms with Crippen LogP contribution in [-0.2, 0) is 9.59 Å². The van der Waals surface area contributed by atoms with Crippen LogP contribution in [0.15, 0.2) is 61.2 Å². The Morgan fingerprint density at radius 2 is 1.82 bits per heavy atom. The molecule has 3 saturated heterocycles. The van der Waals surface area contributed by atoms with Crippen LogP contribution in [0.5, 0.6) is 5.75 Å². The predicted molar refractivity (Wildman–Crippen MR) is 200 cm³/mol. The minimum absolute atomic E-state index is 0.0888. The van der Waals surface area contributed by atoms with Crippen LogP contribution in [0.3, 0.4) is 0 Å². The van der Waals surface area contributed by atoms with E-state index in [1.807, 2.05) is 42.9 Å². The monoisotopic (exact) mass is 744 g/mol. The summed E-state index contributed by atoms with van der Waals surface area (Å²) in [6.45, 7) is 8.43. The summed E-state index contributed by atoms with van der Waals surface area (Å²) in [6.07, 6.45) is 8.94. The van der Waals surface area contributed by atoms with Crippen molar-refractivity contribution in [3.8, 4) is 5.75 Å². The average Bonchev–Trinajstić information content (AvgIpc) is 3.84. The minimum Gasteiger partial charge on any atom is -0.489 e. The summed E-state index contributed by atoms with van der Waals surface area (Å²) < 4.78 is 9.73. The molecule has 4 aliphatic heterocycles. The van der Waals surface area contributed by atoms with Crippen molar-refractivity contribution in [3.05, 3.63) is 77.9 Å². The number of amides is 5. The van der Waals surface area contributed by atoms with Crippen molar-refractivity contribution in [1.82, 2.24) is 39.5 Å². The summed E-state index contributed by atoms with van der Waals surface area (Å²) in [6, 6.07) is 10.1. The third-order valence-corrected chi connectivity index (χ3v) is 11.0. The number of likely N-dealkylation sites (tertiary alicyclic amines) is 1. The number of benzene rings is 2. The van der Waals surface area contributed by atoms with E-state index in [2.05, 4.69) is 30.5 Å². The Labute approximate surface area is 315 Å². The SMILES string of the molecule is CC(C)Oc1cc2nn(C3CCN(CC4CN(c5ccc6c(c5)C(=O)N(C5CCC(=O)NC5=O)C6=O)C4)CC3)cc2cc1NC(=O)c1cnn2cccnc12. The summed E-state index contributed by atoms with van der Waals surface area (Å²) in [4.78, 5) is 73.8. The summed E-state index contributed by atoms with van der Waals surface area (Å²) in [5.74, 6) is -1.30. The van der Waals surface area contributed by atoms with Crippen molar-refractivity contribution in [2.45, 2.75) is 57.7 Å². The van der Waals surface area contributed by atoms with Crippen molar-refractivity contribution < 1.29 is 28.7 Å². The number of ether oxygens (including phenoxy) is 1. The van der Waals surface area contributed by atoms with Crippen LogP contribution in [0.1, 0.15) is 76.6 Å². The summed E-state index contributed by atoms with van der Waals surface area (Å²) >= 11 is 0. The number of aromatic nitrogens is 5.